The Hall–Kier alpha value is -0.380. The maximum Gasteiger partial charge on any atom is 0.157 e. The molecular formula is C11H20O3. The van der Waals surface area contributed by atoms with Gasteiger partial charge in [0.25, 0.3) is 0 Å². The van der Waals surface area contributed by atoms with Crippen LogP contribution in [-0.4, -0.2) is 32.7 Å². The van der Waals surface area contributed by atoms with E-state index < -0.39 is 0 Å². The van der Waals surface area contributed by atoms with E-state index in [-0.39, 0.29) is 6.29 Å². The lowest BCUT2D eigenvalue weighted by atomic mass is 10.2. The van der Waals surface area contributed by atoms with E-state index in [0.29, 0.717) is 13.2 Å². The van der Waals surface area contributed by atoms with Crippen LogP contribution in [-0.2, 0) is 14.2 Å². The first-order chi connectivity index (χ1) is 6.93. The molecule has 1 heterocycles. The molecule has 3 heteroatoms. The van der Waals surface area contributed by atoms with Gasteiger partial charge in [0.15, 0.2) is 6.29 Å². The standard InChI is InChI=1S/C11H20O3/c1-2-3-7-12-9-10-14-11-6-4-5-8-13-11/h2,11H,1,3-10H2. The molecule has 0 radical (unpaired) electrons. The molecule has 0 saturated carbocycles. The third-order valence-corrected chi connectivity index (χ3v) is 2.14. The molecule has 1 unspecified atom stereocenters. The van der Waals surface area contributed by atoms with Gasteiger partial charge in [-0.25, -0.2) is 0 Å². The molecule has 1 rings (SSSR count). The molecule has 1 fully saturated rings. The van der Waals surface area contributed by atoms with Gasteiger partial charge in [0.2, 0.25) is 0 Å². The van der Waals surface area contributed by atoms with Crippen molar-refractivity contribution in [3.8, 4) is 0 Å². The highest BCUT2D eigenvalue weighted by molar-refractivity contribution is 4.64. The van der Waals surface area contributed by atoms with Gasteiger partial charge in [-0.1, -0.05) is 6.08 Å². The average molecular weight is 200 g/mol. The Morgan fingerprint density at radius 1 is 1.29 bits per heavy atom. The van der Waals surface area contributed by atoms with E-state index in [1.54, 1.807) is 0 Å². The Morgan fingerprint density at radius 2 is 2.21 bits per heavy atom. The highest BCUT2D eigenvalue weighted by Gasteiger charge is 2.13. The van der Waals surface area contributed by atoms with Gasteiger partial charge in [-0.3, -0.25) is 0 Å². The van der Waals surface area contributed by atoms with Crippen molar-refractivity contribution in [3.63, 3.8) is 0 Å². The van der Waals surface area contributed by atoms with Gasteiger partial charge < -0.3 is 14.2 Å². The van der Waals surface area contributed by atoms with E-state index in [2.05, 4.69) is 6.58 Å². The summed E-state index contributed by atoms with van der Waals surface area (Å²) in [4.78, 5) is 0. The van der Waals surface area contributed by atoms with Crippen molar-refractivity contribution in [2.75, 3.05) is 26.4 Å². The molecule has 0 aliphatic carbocycles. The van der Waals surface area contributed by atoms with E-state index in [0.717, 1.165) is 32.5 Å². The van der Waals surface area contributed by atoms with Crippen LogP contribution in [0.15, 0.2) is 12.7 Å². The second-order valence-electron chi connectivity index (χ2n) is 3.36. The highest BCUT2D eigenvalue weighted by atomic mass is 16.7. The van der Waals surface area contributed by atoms with E-state index in [9.17, 15) is 0 Å². The fraction of sp³-hybridized carbons (Fsp3) is 0.818. The van der Waals surface area contributed by atoms with Crippen LogP contribution in [0.25, 0.3) is 0 Å². The maximum absolute atomic E-state index is 5.49. The molecule has 0 aromatic rings. The summed E-state index contributed by atoms with van der Waals surface area (Å²) in [5.74, 6) is 0. The third kappa shape index (κ3) is 5.37. The monoisotopic (exact) mass is 200 g/mol. The lowest BCUT2D eigenvalue weighted by Gasteiger charge is -2.22. The minimum atomic E-state index is 0.00625. The van der Waals surface area contributed by atoms with Crippen LogP contribution in [0.5, 0.6) is 0 Å². The predicted molar refractivity (Wildman–Crippen MR) is 55.2 cm³/mol. The predicted octanol–water partition coefficient (Wildman–Crippen LogP) is 2.12. The fourth-order valence-electron chi connectivity index (χ4n) is 1.35. The van der Waals surface area contributed by atoms with Crippen molar-refractivity contribution < 1.29 is 14.2 Å². The second-order valence-corrected chi connectivity index (χ2v) is 3.36. The number of ether oxygens (including phenoxy) is 3. The SMILES string of the molecule is C=CCCOCCOC1CCCCO1. The van der Waals surface area contributed by atoms with Crippen molar-refractivity contribution in [3.05, 3.63) is 12.7 Å². The Morgan fingerprint density at radius 3 is 2.93 bits per heavy atom. The lowest BCUT2D eigenvalue weighted by Crippen LogP contribution is -2.23. The molecule has 82 valence electrons. The third-order valence-electron chi connectivity index (χ3n) is 2.14. The minimum Gasteiger partial charge on any atom is -0.379 e. The largest absolute Gasteiger partial charge is 0.379 e. The molecule has 0 amide bonds. The zero-order chi connectivity index (χ0) is 10.1. The fourth-order valence-corrected chi connectivity index (χ4v) is 1.35. The van der Waals surface area contributed by atoms with Crippen LogP contribution in [0.2, 0.25) is 0 Å². The molecule has 1 saturated heterocycles. The first-order valence-electron chi connectivity index (χ1n) is 5.35. The summed E-state index contributed by atoms with van der Waals surface area (Å²) in [5.41, 5.74) is 0. The van der Waals surface area contributed by atoms with Crippen LogP contribution in [0.3, 0.4) is 0 Å². The Kier molecular flexibility index (Phi) is 6.66. The molecule has 1 atom stereocenters. The van der Waals surface area contributed by atoms with Crippen LogP contribution >= 0.6 is 0 Å². The van der Waals surface area contributed by atoms with E-state index in [4.69, 9.17) is 14.2 Å². The van der Waals surface area contributed by atoms with Crippen molar-refractivity contribution >= 4 is 0 Å². The van der Waals surface area contributed by atoms with E-state index in [1.807, 2.05) is 6.08 Å². The van der Waals surface area contributed by atoms with E-state index >= 15 is 0 Å². The Labute approximate surface area is 86.0 Å². The van der Waals surface area contributed by atoms with Crippen molar-refractivity contribution in [1.82, 2.24) is 0 Å². The van der Waals surface area contributed by atoms with Gasteiger partial charge >= 0.3 is 0 Å². The second kappa shape index (κ2) is 7.97. The highest BCUT2D eigenvalue weighted by Crippen LogP contribution is 2.13. The summed E-state index contributed by atoms with van der Waals surface area (Å²) < 4.78 is 16.2. The molecule has 1 aliphatic heterocycles. The summed E-state index contributed by atoms with van der Waals surface area (Å²) in [6.45, 7) is 6.46. The molecule has 1 aliphatic rings. The summed E-state index contributed by atoms with van der Waals surface area (Å²) in [5, 5.41) is 0. The zero-order valence-electron chi connectivity index (χ0n) is 8.74. The number of rotatable bonds is 7. The minimum absolute atomic E-state index is 0.00625. The molecule has 0 aromatic carbocycles. The molecule has 0 aromatic heterocycles. The molecule has 3 nitrogen and oxygen atoms in total. The lowest BCUT2D eigenvalue weighted by molar-refractivity contribution is -0.168. The summed E-state index contributed by atoms with van der Waals surface area (Å²) in [7, 11) is 0. The molecule has 0 bridgehead atoms. The molecule has 0 spiro atoms. The smallest absolute Gasteiger partial charge is 0.157 e. The molecular weight excluding hydrogens is 180 g/mol. The Bertz CT molecular complexity index is 141. The van der Waals surface area contributed by atoms with Crippen molar-refractivity contribution in [2.24, 2.45) is 0 Å². The number of hydrogen-bond acceptors (Lipinski definition) is 3. The Balaban J connectivity index is 1.85. The van der Waals surface area contributed by atoms with Gasteiger partial charge in [0.05, 0.1) is 19.8 Å². The van der Waals surface area contributed by atoms with Crippen LogP contribution in [0.1, 0.15) is 25.7 Å². The van der Waals surface area contributed by atoms with Crippen LogP contribution in [0.4, 0.5) is 0 Å². The molecule has 14 heavy (non-hydrogen) atoms. The number of hydrogen-bond donors (Lipinski definition) is 0. The maximum atomic E-state index is 5.49. The normalized spacial score (nSPS) is 22.1. The first kappa shape index (κ1) is 11.7. The van der Waals surface area contributed by atoms with Gasteiger partial charge in [-0.2, -0.15) is 0 Å². The van der Waals surface area contributed by atoms with Gasteiger partial charge in [0, 0.05) is 6.61 Å². The zero-order valence-corrected chi connectivity index (χ0v) is 8.74. The van der Waals surface area contributed by atoms with Gasteiger partial charge in [0.1, 0.15) is 0 Å². The van der Waals surface area contributed by atoms with Gasteiger partial charge in [-0.05, 0) is 25.7 Å². The van der Waals surface area contributed by atoms with Gasteiger partial charge in [-0.15, -0.1) is 6.58 Å². The summed E-state index contributed by atoms with van der Waals surface area (Å²) in [6, 6.07) is 0. The summed E-state index contributed by atoms with van der Waals surface area (Å²) >= 11 is 0. The topological polar surface area (TPSA) is 27.7 Å². The van der Waals surface area contributed by atoms with Crippen molar-refractivity contribution in [1.29, 1.82) is 0 Å². The average Bonchev–Trinajstić information content (AvgIpc) is 2.25. The van der Waals surface area contributed by atoms with Crippen LogP contribution in [0, 0.1) is 0 Å². The first-order valence-corrected chi connectivity index (χ1v) is 5.35. The van der Waals surface area contributed by atoms with Crippen molar-refractivity contribution in [2.45, 2.75) is 32.0 Å². The molecule has 0 N–H and O–H groups in total. The van der Waals surface area contributed by atoms with Crippen LogP contribution < -0.4 is 0 Å². The van der Waals surface area contributed by atoms with E-state index in [1.165, 1.54) is 6.42 Å². The quantitative estimate of drug-likeness (QED) is 0.465. The summed E-state index contributed by atoms with van der Waals surface area (Å²) in [6.07, 6.45) is 6.15.